The molecule has 0 bridgehead atoms. The molecule has 3 unspecified atom stereocenters. The van der Waals surface area contributed by atoms with Crippen LogP contribution in [0.3, 0.4) is 0 Å². The summed E-state index contributed by atoms with van der Waals surface area (Å²) in [4.78, 5) is 0. The van der Waals surface area contributed by atoms with Crippen LogP contribution >= 0.6 is 22.6 Å². The first-order valence-corrected chi connectivity index (χ1v) is 7.86. The number of allylic oxidation sites excluding steroid dienone is 6. The first-order valence-electron chi connectivity index (χ1n) is 6.78. The maximum atomic E-state index is 2.49. The third kappa shape index (κ3) is 2.16. The first kappa shape index (κ1) is 13.4. The van der Waals surface area contributed by atoms with Crippen LogP contribution in [0.15, 0.2) is 33.5 Å². The number of hydrogen-bond acceptors (Lipinski definition) is 0. The average Bonchev–Trinajstić information content (AvgIpc) is 2.49. The Morgan fingerprint density at radius 2 is 2.06 bits per heavy atom. The van der Waals surface area contributed by atoms with Crippen LogP contribution in [0, 0.1) is 23.2 Å². The molecule has 0 aromatic rings. The molecule has 1 heteroatoms. The highest BCUT2D eigenvalue weighted by atomic mass is 127. The summed E-state index contributed by atoms with van der Waals surface area (Å²) in [5.41, 5.74) is 2.03. The van der Waals surface area contributed by atoms with Gasteiger partial charge in [0.1, 0.15) is 0 Å². The van der Waals surface area contributed by atoms with Crippen LogP contribution < -0.4 is 0 Å². The molecule has 2 aliphatic carbocycles. The van der Waals surface area contributed by atoms with E-state index in [1.807, 2.05) is 0 Å². The van der Waals surface area contributed by atoms with Crippen LogP contribution in [0.5, 0.6) is 0 Å². The molecule has 1 saturated carbocycles. The summed E-state index contributed by atoms with van der Waals surface area (Å²) in [6, 6.07) is 0. The maximum Gasteiger partial charge on any atom is 0.00902 e. The highest BCUT2D eigenvalue weighted by molar-refractivity contribution is 14.1. The van der Waals surface area contributed by atoms with Gasteiger partial charge in [0.2, 0.25) is 0 Å². The highest BCUT2D eigenvalue weighted by Gasteiger charge is 2.49. The Kier molecular flexibility index (Phi) is 3.86. The predicted octanol–water partition coefficient (Wildman–Crippen LogP) is 5.51. The molecule has 2 aliphatic rings. The minimum atomic E-state index is 0.336. The summed E-state index contributed by atoms with van der Waals surface area (Å²) in [6.45, 7) is 9.46. The van der Waals surface area contributed by atoms with Gasteiger partial charge in [-0.05, 0) is 58.6 Å². The van der Waals surface area contributed by atoms with E-state index >= 15 is 0 Å². The Balaban J connectivity index is 2.45. The summed E-state index contributed by atoms with van der Waals surface area (Å²) in [5.74, 6) is 2.18. The standard InChI is InChI=1S/C16H23I/c1-5-7-14-12(6-2)13-9-8-11(17)10-15(13)16(14,3)4/h7-10,12-13,15H,5-6H2,1-4H3/b14-7+. The molecule has 17 heavy (non-hydrogen) atoms. The summed E-state index contributed by atoms with van der Waals surface area (Å²) in [7, 11) is 0. The SMILES string of the molecule is CC/C=C1\C(CC)C2C=CC(I)=CC2C1(C)C. The zero-order chi connectivity index (χ0) is 12.6. The highest BCUT2D eigenvalue weighted by Crippen LogP contribution is 2.57. The van der Waals surface area contributed by atoms with Crippen molar-refractivity contribution in [2.45, 2.75) is 40.5 Å². The van der Waals surface area contributed by atoms with Crippen molar-refractivity contribution < 1.29 is 0 Å². The van der Waals surface area contributed by atoms with Crippen molar-refractivity contribution in [3.8, 4) is 0 Å². The summed E-state index contributed by atoms with van der Waals surface area (Å²) in [6.07, 6.45) is 12.2. The molecule has 0 nitrogen and oxygen atoms in total. The van der Waals surface area contributed by atoms with Crippen molar-refractivity contribution in [3.05, 3.63) is 33.5 Å². The van der Waals surface area contributed by atoms with Crippen molar-refractivity contribution in [1.82, 2.24) is 0 Å². The van der Waals surface area contributed by atoms with E-state index in [2.05, 4.69) is 74.6 Å². The molecule has 0 saturated heterocycles. The molecule has 0 N–H and O–H groups in total. The molecular formula is C16H23I. The minimum Gasteiger partial charge on any atom is -0.0847 e. The van der Waals surface area contributed by atoms with E-state index in [0.29, 0.717) is 11.3 Å². The molecule has 1 fully saturated rings. The van der Waals surface area contributed by atoms with Crippen molar-refractivity contribution in [2.24, 2.45) is 23.2 Å². The normalized spacial score (nSPS) is 37.1. The number of halogens is 1. The Morgan fingerprint density at radius 1 is 1.35 bits per heavy atom. The second-order valence-electron chi connectivity index (χ2n) is 5.82. The van der Waals surface area contributed by atoms with E-state index in [1.165, 1.54) is 16.4 Å². The Labute approximate surface area is 119 Å². The van der Waals surface area contributed by atoms with Crippen LogP contribution in [0.4, 0.5) is 0 Å². The lowest BCUT2D eigenvalue weighted by Crippen LogP contribution is -2.22. The Morgan fingerprint density at radius 3 is 2.65 bits per heavy atom. The van der Waals surface area contributed by atoms with E-state index in [4.69, 9.17) is 0 Å². The average molecular weight is 342 g/mol. The van der Waals surface area contributed by atoms with Gasteiger partial charge in [0, 0.05) is 3.58 Å². The van der Waals surface area contributed by atoms with Crippen LogP contribution in [0.25, 0.3) is 0 Å². The van der Waals surface area contributed by atoms with E-state index in [0.717, 1.165) is 11.8 Å². The smallest absolute Gasteiger partial charge is 0.00902 e. The predicted molar refractivity (Wildman–Crippen MR) is 84.2 cm³/mol. The van der Waals surface area contributed by atoms with Gasteiger partial charge in [-0.3, -0.25) is 0 Å². The van der Waals surface area contributed by atoms with Gasteiger partial charge in [-0.25, -0.2) is 0 Å². The Hall–Kier alpha value is -0.0500. The summed E-state index contributed by atoms with van der Waals surface area (Å²) < 4.78 is 1.41. The topological polar surface area (TPSA) is 0 Å². The number of fused-ring (bicyclic) bond motifs is 1. The lowest BCUT2D eigenvalue weighted by molar-refractivity contribution is 0.319. The molecule has 0 aromatic carbocycles. The fourth-order valence-electron chi connectivity index (χ4n) is 3.74. The first-order chi connectivity index (χ1) is 8.02. The van der Waals surface area contributed by atoms with Gasteiger partial charge in [-0.1, -0.05) is 57.6 Å². The Bertz CT molecular complexity index is 384. The van der Waals surface area contributed by atoms with Gasteiger partial charge < -0.3 is 0 Å². The van der Waals surface area contributed by atoms with Crippen LogP contribution in [0.1, 0.15) is 40.5 Å². The third-order valence-corrected chi connectivity index (χ3v) is 5.26. The lowest BCUT2D eigenvalue weighted by Gasteiger charge is -2.30. The van der Waals surface area contributed by atoms with Gasteiger partial charge in [-0.2, -0.15) is 0 Å². The minimum absolute atomic E-state index is 0.336. The van der Waals surface area contributed by atoms with E-state index in [-0.39, 0.29) is 0 Å². The lowest BCUT2D eigenvalue weighted by atomic mass is 9.75. The van der Waals surface area contributed by atoms with Crippen molar-refractivity contribution in [3.63, 3.8) is 0 Å². The zero-order valence-corrected chi connectivity index (χ0v) is 13.5. The van der Waals surface area contributed by atoms with Crippen LogP contribution in [-0.2, 0) is 0 Å². The molecular weight excluding hydrogens is 319 g/mol. The monoisotopic (exact) mass is 342 g/mol. The van der Waals surface area contributed by atoms with Crippen LogP contribution in [-0.4, -0.2) is 0 Å². The fourth-order valence-corrected chi connectivity index (χ4v) is 4.33. The van der Waals surface area contributed by atoms with Crippen molar-refractivity contribution in [2.75, 3.05) is 0 Å². The second kappa shape index (κ2) is 4.91. The van der Waals surface area contributed by atoms with Gasteiger partial charge in [0.25, 0.3) is 0 Å². The fraction of sp³-hybridized carbons (Fsp3) is 0.625. The summed E-state index contributed by atoms with van der Waals surface area (Å²) >= 11 is 2.45. The van der Waals surface area contributed by atoms with Gasteiger partial charge in [0.05, 0.1) is 0 Å². The van der Waals surface area contributed by atoms with Gasteiger partial charge in [-0.15, -0.1) is 0 Å². The summed E-state index contributed by atoms with van der Waals surface area (Å²) in [5, 5.41) is 0. The van der Waals surface area contributed by atoms with E-state index < -0.39 is 0 Å². The molecule has 0 radical (unpaired) electrons. The molecule has 0 aromatic heterocycles. The molecule has 0 aliphatic heterocycles. The van der Waals surface area contributed by atoms with E-state index in [9.17, 15) is 0 Å². The quantitative estimate of drug-likeness (QED) is 0.458. The molecule has 0 spiro atoms. The third-order valence-electron chi connectivity index (χ3n) is 4.54. The number of hydrogen-bond donors (Lipinski definition) is 0. The van der Waals surface area contributed by atoms with Gasteiger partial charge in [0.15, 0.2) is 0 Å². The van der Waals surface area contributed by atoms with Gasteiger partial charge >= 0.3 is 0 Å². The molecule has 3 atom stereocenters. The second-order valence-corrected chi connectivity index (χ2v) is 7.06. The molecule has 0 heterocycles. The largest absolute Gasteiger partial charge is 0.0847 e. The van der Waals surface area contributed by atoms with Crippen molar-refractivity contribution in [1.29, 1.82) is 0 Å². The van der Waals surface area contributed by atoms with Crippen molar-refractivity contribution >= 4 is 22.6 Å². The maximum absolute atomic E-state index is 2.49. The van der Waals surface area contributed by atoms with E-state index in [1.54, 1.807) is 5.57 Å². The molecule has 94 valence electrons. The zero-order valence-electron chi connectivity index (χ0n) is 11.3. The number of rotatable bonds is 2. The van der Waals surface area contributed by atoms with Crippen LogP contribution in [0.2, 0.25) is 0 Å². The molecule has 2 rings (SSSR count). The molecule has 0 amide bonds.